The lowest BCUT2D eigenvalue weighted by Gasteiger charge is -2.52. The molecule has 5 N–H and O–H groups in total. The molecule has 9 aliphatic heterocycles. The van der Waals surface area contributed by atoms with Gasteiger partial charge in [-0.15, -0.1) is 0 Å². The summed E-state index contributed by atoms with van der Waals surface area (Å²) in [5.41, 5.74) is 0.376. The molecule has 0 aliphatic carbocycles. The molecule has 8 fully saturated rings. The normalized spacial score (nSPS) is 52.2. The van der Waals surface area contributed by atoms with Gasteiger partial charge in [-0.05, 0) is 54.9 Å². The number of piperidine rings is 1. The highest BCUT2D eigenvalue weighted by Crippen LogP contribution is 2.55. The van der Waals surface area contributed by atoms with E-state index in [2.05, 4.69) is 46.5 Å². The van der Waals surface area contributed by atoms with Gasteiger partial charge >= 0.3 is 5.97 Å². The second kappa shape index (κ2) is 16.0. The van der Waals surface area contributed by atoms with Crippen LogP contribution in [0.4, 0.5) is 0 Å². The highest BCUT2D eigenvalue weighted by molar-refractivity contribution is 5.67. The van der Waals surface area contributed by atoms with E-state index in [0.717, 1.165) is 37.8 Å². The van der Waals surface area contributed by atoms with E-state index in [4.69, 9.17) is 43.0 Å². The van der Waals surface area contributed by atoms with Crippen LogP contribution in [0.15, 0.2) is 36.5 Å². The van der Waals surface area contributed by atoms with Crippen molar-refractivity contribution < 1.29 is 63.1 Å². The molecule has 0 amide bonds. The quantitative estimate of drug-likeness (QED) is 0.196. The minimum Gasteiger partial charge on any atom is -0.481 e. The zero-order valence-corrected chi connectivity index (χ0v) is 36.0. The fourth-order valence-electron chi connectivity index (χ4n) is 12.5. The number of carboxylic acids is 1. The first kappa shape index (κ1) is 43.5. The van der Waals surface area contributed by atoms with Gasteiger partial charge < -0.3 is 58.3 Å². The van der Waals surface area contributed by atoms with Crippen molar-refractivity contribution in [3.8, 4) is 0 Å². The largest absolute Gasteiger partial charge is 0.481 e. The third-order valence-electron chi connectivity index (χ3n) is 15.6. The summed E-state index contributed by atoms with van der Waals surface area (Å²) in [5, 5.41) is 46.9. The third kappa shape index (κ3) is 8.01. The Morgan fingerprint density at radius 2 is 1.68 bits per heavy atom. The van der Waals surface area contributed by atoms with Crippen LogP contribution in [0.3, 0.4) is 0 Å². The van der Waals surface area contributed by atoms with E-state index in [0.29, 0.717) is 62.7 Å². The summed E-state index contributed by atoms with van der Waals surface area (Å²) in [6, 6.07) is 0. The second-order valence-corrected chi connectivity index (χ2v) is 20.6. The number of carboxylic acid groups (broad SMARTS) is 1. The van der Waals surface area contributed by atoms with Crippen LogP contribution in [-0.2, 0) is 42.7 Å². The molecule has 9 aliphatic rings. The first-order valence-corrected chi connectivity index (χ1v) is 22.9. The van der Waals surface area contributed by atoms with Crippen molar-refractivity contribution in [2.24, 2.45) is 29.6 Å². The van der Waals surface area contributed by atoms with Crippen LogP contribution in [-0.4, -0.2) is 123 Å². The number of aliphatic carboxylic acids is 1. The summed E-state index contributed by atoms with van der Waals surface area (Å²) in [6.45, 7) is 16.5. The molecule has 336 valence electrons. The lowest BCUT2D eigenvalue weighted by atomic mass is 9.79. The van der Waals surface area contributed by atoms with Crippen LogP contribution >= 0.6 is 0 Å². The van der Waals surface area contributed by atoms with Crippen molar-refractivity contribution in [2.45, 2.75) is 208 Å². The molecular formula is C46H69NO13. The number of hydrogen-bond donors (Lipinski definition) is 5. The Hall–Kier alpha value is -1.79. The number of aliphatic hydroxyl groups excluding tert-OH is 2. The molecule has 14 nitrogen and oxygen atoms in total. The molecule has 0 aromatic heterocycles. The molecule has 0 aromatic carbocycles. The molecule has 14 heteroatoms. The van der Waals surface area contributed by atoms with E-state index >= 15 is 0 Å². The van der Waals surface area contributed by atoms with E-state index < -0.39 is 65.4 Å². The Kier molecular flexibility index (Phi) is 11.6. The van der Waals surface area contributed by atoms with Crippen LogP contribution in [0.2, 0.25) is 0 Å². The summed E-state index contributed by atoms with van der Waals surface area (Å²) in [5.74, 6) is -4.33. The zero-order chi connectivity index (χ0) is 42.4. The Morgan fingerprint density at radius 1 is 0.883 bits per heavy atom. The van der Waals surface area contributed by atoms with Gasteiger partial charge in [0.25, 0.3) is 0 Å². The molecular weight excluding hydrogens is 775 g/mol. The second-order valence-electron chi connectivity index (χ2n) is 20.6. The van der Waals surface area contributed by atoms with E-state index in [1.54, 1.807) is 6.08 Å². The van der Waals surface area contributed by atoms with Crippen LogP contribution < -0.4 is 5.32 Å². The third-order valence-corrected chi connectivity index (χ3v) is 15.6. The highest BCUT2D eigenvalue weighted by Gasteiger charge is 2.64. The van der Waals surface area contributed by atoms with E-state index in [1.165, 1.54) is 6.08 Å². The molecule has 2 bridgehead atoms. The average molecular weight is 844 g/mol. The van der Waals surface area contributed by atoms with Gasteiger partial charge in [-0.25, -0.2) is 0 Å². The van der Waals surface area contributed by atoms with Crippen molar-refractivity contribution >= 4 is 5.97 Å². The minimum absolute atomic E-state index is 0.0478. The summed E-state index contributed by atoms with van der Waals surface area (Å²) >= 11 is 0. The molecule has 3 spiro atoms. The monoisotopic (exact) mass is 843 g/mol. The Morgan fingerprint density at radius 3 is 2.47 bits per heavy atom. The van der Waals surface area contributed by atoms with Crippen molar-refractivity contribution in [2.75, 3.05) is 6.54 Å². The van der Waals surface area contributed by atoms with E-state index in [-0.39, 0.29) is 55.2 Å². The molecule has 8 saturated heterocycles. The molecule has 9 heterocycles. The standard InChI is InChI=1S/C46H69NO13/c1-25-17-35-40-37(23-44(58-40)29(5)16-26(2)24-47-44)56-43(21-25,55-35)22-28(4)39-27(3)11-13-45(52,59-39)41(51)36-20-34-33(53-36)18-30(6)46(57-34)15-14-42(60-46)12-7-8-32(54-42)10-9-31(48)19-38(49)50/h7-10,25-27,29-37,39-41,47-48,51-52H,4,11-24H2,1-3,5-6H3,(H,49,50)/t25-,26+,27-,29-,30+,31-,32-,33+,34+,35+,36-,37+,39-,40+,41+,42-,43-,44-,45+,46-/m0/s1. The van der Waals surface area contributed by atoms with Gasteiger partial charge in [-0.2, -0.15) is 0 Å². The Balaban J connectivity index is 0.831. The smallest absolute Gasteiger partial charge is 0.306 e. The number of nitrogens with one attached hydrogen (secondary N) is 1. The predicted octanol–water partition coefficient (Wildman–Crippen LogP) is 4.98. The number of fused-ring (bicyclic) bond motifs is 5. The van der Waals surface area contributed by atoms with Gasteiger partial charge in [0.1, 0.15) is 17.9 Å². The lowest BCUT2D eigenvalue weighted by Crippen LogP contribution is -2.60. The zero-order valence-electron chi connectivity index (χ0n) is 36.0. The van der Waals surface area contributed by atoms with Gasteiger partial charge in [0.15, 0.2) is 23.1 Å². The number of aliphatic hydroxyl groups is 3. The Bertz CT molecular complexity index is 1690. The fraction of sp³-hybridized carbons (Fsp3) is 0.848. The van der Waals surface area contributed by atoms with Crippen LogP contribution in [0.25, 0.3) is 0 Å². The first-order chi connectivity index (χ1) is 28.4. The molecule has 0 unspecified atom stereocenters. The number of hydrogen-bond acceptors (Lipinski definition) is 13. The van der Waals surface area contributed by atoms with Gasteiger partial charge in [0.05, 0.1) is 55.3 Å². The molecule has 0 radical (unpaired) electrons. The van der Waals surface area contributed by atoms with Crippen LogP contribution in [0.1, 0.15) is 118 Å². The first-order valence-electron chi connectivity index (χ1n) is 22.9. The van der Waals surface area contributed by atoms with E-state index in [1.807, 2.05) is 12.2 Å². The SMILES string of the molecule is C=C(C[C@@]12C[C@@H](C)C[C@@H](O1)[C@H]1O[C@]3(C[C@H]1O2)NC[C@H](C)C[C@@H]3C)[C@H]1O[C@@](O)([C@H](O)[C@@H]2C[C@H]3O[C@]4(CC[C@]5(CC=C[C@@H](C=C[C@H](O)CC(=O)O)O5)O4)[C@H](C)C[C@H]3O2)CC[C@@H]1C. The van der Waals surface area contributed by atoms with Crippen molar-refractivity contribution in [1.82, 2.24) is 5.32 Å². The predicted molar refractivity (Wildman–Crippen MR) is 216 cm³/mol. The summed E-state index contributed by atoms with van der Waals surface area (Å²) in [7, 11) is 0. The highest BCUT2D eigenvalue weighted by atomic mass is 16.8. The van der Waals surface area contributed by atoms with Crippen molar-refractivity contribution in [3.63, 3.8) is 0 Å². The number of rotatable bonds is 9. The maximum Gasteiger partial charge on any atom is 0.306 e. The maximum atomic E-state index is 12.2. The lowest BCUT2D eigenvalue weighted by molar-refractivity contribution is -0.366. The average Bonchev–Trinajstić information content (AvgIpc) is 3.87. The fourth-order valence-corrected chi connectivity index (χ4v) is 12.5. The number of ether oxygens (including phenoxy) is 8. The summed E-state index contributed by atoms with van der Waals surface area (Å²) in [4.78, 5) is 11.0. The Labute approximate surface area is 354 Å². The molecule has 9 rings (SSSR count). The molecule has 0 saturated carbocycles. The maximum absolute atomic E-state index is 12.2. The molecule has 20 atom stereocenters. The molecule has 0 aromatic rings. The van der Waals surface area contributed by atoms with Gasteiger partial charge in [0.2, 0.25) is 0 Å². The van der Waals surface area contributed by atoms with Gasteiger partial charge in [-0.1, -0.05) is 65.5 Å². The topological polar surface area (TPSA) is 184 Å². The summed E-state index contributed by atoms with van der Waals surface area (Å²) < 4.78 is 53.7. The van der Waals surface area contributed by atoms with Gasteiger partial charge in [-0.3, -0.25) is 10.1 Å². The van der Waals surface area contributed by atoms with E-state index in [9.17, 15) is 20.1 Å². The molecule has 60 heavy (non-hydrogen) atoms. The van der Waals surface area contributed by atoms with Crippen molar-refractivity contribution in [3.05, 3.63) is 36.5 Å². The van der Waals surface area contributed by atoms with Crippen LogP contribution in [0, 0.1) is 29.6 Å². The van der Waals surface area contributed by atoms with Crippen LogP contribution in [0.5, 0.6) is 0 Å². The summed E-state index contributed by atoms with van der Waals surface area (Å²) in [6.07, 6.45) is 8.96. The van der Waals surface area contributed by atoms with Gasteiger partial charge in [0, 0.05) is 63.8 Å². The van der Waals surface area contributed by atoms with Crippen molar-refractivity contribution in [1.29, 1.82) is 0 Å². The minimum atomic E-state index is -1.86. The number of carbonyl (C=O) groups is 1.